The number of benzene rings is 1. The van der Waals surface area contributed by atoms with Crippen molar-refractivity contribution in [2.24, 2.45) is 4.99 Å². The second kappa shape index (κ2) is 10.1. The van der Waals surface area contributed by atoms with E-state index in [1.807, 2.05) is 9.80 Å². The zero-order valence-electron chi connectivity index (χ0n) is 16.0. The Balaban J connectivity index is 2.02. The minimum absolute atomic E-state index is 0.0427. The Morgan fingerprint density at radius 1 is 1.26 bits per heavy atom. The summed E-state index contributed by atoms with van der Waals surface area (Å²) in [6.07, 6.45) is 0. The standard InChI is InChI=1S/C18H27F2N5O2/c1-23(2)17(26)13-22-18(21-6-11-27-3)25-9-7-24(8-10-25)16-12-14(19)4-5-15(16)20/h4-5,12H,6-11,13H2,1-3H3,(H,21,22). The van der Waals surface area contributed by atoms with E-state index < -0.39 is 11.6 Å². The minimum Gasteiger partial charge on any atom is -0.383 e. The van der Waals surface area contributed by atoms with Crippen LogP contribution >= 0.6 is 0 Å². The van der Waals surface area contributed by atoms with Crippen LogP contribution in [0, 0.1) is 11.6 Å². The fourth-order valence-corrected chi connectivity index (χ4v) is 2.70. The second-order valence-electron chi connectivity index (χ2n) is 6.42. The molecule has 1 aromatic carbocycles. The number of nitrogens with zero attached hydrogens (tertiary/aromatic N) is 4. The molecule has 0 aromatic heterocycles. The van der Waals surface area contributed by atoms with Crippen molar-refractivity contribution in [3.05, 3.63) is 29.8 Å². The van der Waals surface area contributed by atoms with E-state index in [9.17, 15) is 13.6 Å². The number of likely N-dealkylation sites (N-methyl/N-ethyl adjacent to an activating group) is 1. The number of halogens is 2. The van der Waals surface area contributed by atoms with Gasteiger partial charge in [0.05, 0.1) is 12.3 Å². The Morgan fingerprint density at radius 3 is 2.59 bits per heavy atom. The quantitative estimate of drug-likeness (QED) is 0.447. The van der Waals surface area contributed by atoms with E-state index in [-0.39, 0.29) is 18.1 Å². The summed E-state index contributed by atoms with van der Waals surface area (Å²) in [5.41, 5.74) is 0.267. The van der Waals surface area contributed by atoms with Crippen LogP contribution in [0.1, 0.15) is 0 Å². The molecule has 1 aliphatic heterocycles. The average molecular weight is 383 g/mol. The molecule has 0 radical (unpaired) electrons. The van der Waals surface area contributed by atoms with Crippen molar-refractivity contribution in [1.29, 1.82) is 0 Å². The lowest BCUT2D eigenvalue weighted by atomic mass is 10.2. The lowest BCUT2D eigenvalue weighted by Crippen LogP contribution is -2.53. The van der Waals surface area contributed by atoms with Crippen LogP contribution in [0.25, 0.3) is 0 Å². The molecule has 1 amide bonds. The number of piperazine rings is 1. The molecule has 0 spiro atoms. The number of methoxy groups -OCH3 is 1. The van der Waals surface area contributed by atoms with E-state index >= 15 is 0 Å². The third-order valence-electron chi connectivity index (χ3n) is 4.28. The van der Waals surface area contributed by atoms with Crippen molar-refractivity contribution in [3.63, 3.8) is 0 Å². The van der Waals surface area contributed by atoms with Gasteiger partial charge >= 0.3 is 0 Å². The summed E-state index contributed by atoms with van der Waals surface area (Å²) in [6.45, 7) is 3.30. The Bertz CT molecular complexity index is 661. The number of amides is 1. The summed E-state index contributed by atoms with van der Waals surface area (Å²) >= 11 is 0. The van der Waals surface area contributed by atoms with Gasteiger partial charge in [0.2, 0.25) is 5.91 Å². The van der Waals surface area contributed by atoms with Gasteiger partial charge in [0.25, 0.3) is 0 Å². The maximum Gasteiger partial charge on any atom is 0.243 e. The molecule has 0 aliphatic carbocycles. The molecule has 1 heterocycles. The van der Waals surface area contributed by atoms with Crippen LogP contribution in [0.2, 0.25) is 0 Å². The number of carbonyl (C=O) groups is 1. The number of hydrogen-bond donors (Lipinski definition) is 1. The van der Waals surface area contributed by atoms with Crippen molar-refractivity contribution in [3.8, 4) is 0 Å². The first-order valence-corrected chi connectivity index (χ1v) is 8.84. The molecule has 1 aliphatic rings. The molecule has 1 N–H and O–H groups in total. The van der Waals surface area contributed by atoms with Gasteiger partial charge in [-0.3, -0.25) is 4.79 Å². The molecule has 9 heteroatoms. The number of ether oxygens (including phenoxy) is 1. The summed E-state index contributed by atoms with van der Waals surface area (Å²) < 4.78 is 32.5. The summed E-state index contributed by atoms with van der Waals surface area (Å²) in [4.78, 5) is 21.5. The highest BCUT2D eigenvalue weighted by Gasteiger charge is 2.22. The summed E-state index contributed by atoms with van der Waals surface area (Å²) in [5.74, 6) is -0.379. The number of aliphatic imine (C=N–C) groups is 1. The van der Waals surface area contributed by atoms with Gasteiger partial charge in [-0.05, 0) is 12.1 Å². The van der Waals surface area contributed by atoms with Crippen LogP contribution in [0.15, 0.2) is 23.2 Å². The van der Waals surface area contributed by atoms with Crippen molar-refractivity contribution < 1.29 is 18.3 Å². The van der Waals surface area contributed by atoms with Gasteiger partial charge in [-0.1, -0.05) is 0 Å². The molecule has 1 aromatic rings. The second-order valence-corrected chi connectivity index (χ2v) is 6.42. The maximum atomic E-state index is 14.0. The van der Waals surface area contributed by atoms with Crippen molar-refractivity contribution in [1.82, 2.24) is 15.1 Å². The minimum atomic E-state index is -0.459. The number of hydrogen-bond acceptors (Lipinski definition) is 4. The first-order valence-electron chi connectivity index (χ1n) is 8.84. The molecule has 27 heavy (non-hydrogen) atoms. The molecule has 0 bridgehead atoms. The number of guanidine groups is 1. The molecular formula is C18H27F2N5O2. The molecule has 150 valence electrons. The first kappa shape index (κ1) is 20.9. The van der Waals surface area contributed by atoms with Gasteiger partial charge < -0.3 is 24.8 Å². The van der Waals surface area contributed by atoms with Crippen LogP contribution in [0.4, 0.5) is 14.5 Å². The van der Waals surface area contributed by atoms with Crippen molar-refractivity contribution in [2.75, 3.05) is 72.0 Å². The zero-order valence-corrected chi connectivity index (χ0v) is 16.0. The lowest BCUT2D eigenvalue weighted by Gasteiger charge is -2.37. The highest BCUT2D eigenvalue weighted by molar-refractivity contribution is 5.85. The zero-order chi connectivity index (χ0) is 19.8. The van der Waals surface area contributed by atoms with Crippen LogP contribution in [0.3, 0.4) is 0 Å². The highest BCUT2D eigenvalue weighted by atomic mass is 19.1. The predicted molar refractivity (Wildman–Crippen MR) is 101 cm³/mol. The Kier molecular flexibility index (Phi) is 7.78. The molecular weight excluding hydrogens is 356 g/mol. The first-order chi connectivity index (χ1) is 12.9. The van der Waals surface area contributed by atoms with E-state index in [0.717, 1.165) is 12.1 Å². The van der Waals surface area contributed by atoms with E-state index in [4.69, 9.17) is 4.74 Å². The van der Waals surface area contributed by atoms with Gasteiger partial charge in [-0.25, -0.2) is 13.8 Å². The summed E-state index contributed by atoms with van der Waals surface area (Å²) in [6, 6.07) is 3.47. The topological polar surface area (TPSA) is 60.4 Å². The van der Waals surface area contributed by atoms with E-state index in [2.05, 4.69) is 10.3 Å². The maximum absolute atomic E-state index is 14.0. The third-order valence-corrected chi connectivity index (χ3v) is 4.28. The van der Waals surface area contributed by atoms with Gasteiger partial charge in [0.1, 0.15) is 18.2 Å². The number of carbonyl (C=O) groups excluding carboxylic acids is 1. The number of nitrogens with one attached hydrogen (secondary N) is 1. The third kappa shape index (κ3) is 6.06. The van der Waals surface area contributed by atoms with Crippen LogP contribution < -0.4 is 10.2 Å². The Morgan fingerprint density at radius 2 is 1.96 bits per heavy atom. The molecule has 1 fully saturated rings. The SMILES string of the molecule is COCCNC(=NCC(=O)N(C)C)N1CCN(c2cc(F)ccc2F)CC1. The van der Waals surface area contributed by atoms with Crippen molar-refractivity contribution in [2.45, 2.75) is 0 Å². The molecule has 0 saturated carbocycles. The summed E-state index contributed by atoms with van der Waals surface area (Å²) in [5, 5.41) is 3.19. The molecule has 7 nitrogen and oxygen atoms in total. The van der Waals surface area contributed by atoms with Gasteiger partial charge in [-0.15, -0.1) is 0 Å². The predicted octanol–water partition coefficient (Wildman–Crippen LogP) is 0.767. The van der Waals surface area contributed by atoms with Gasteiger partial charge in [0, 0.05) is 60.0 Å². The van der Waals surface area contributed by atoms with Crippen LogP contribution in [-0.4, -0.2) is 88.7 Å². The van der Waals surface area contributed by atoms with E-state index in [0.29, 0.717) is 45.3 Å². The fraction of sp³-hybridized carbons (Fsp3) is 0.556. The normalized spacial score (nSPS) is 15.1. The highest BCUT2D eigenvalue weighted by Crippen LogP contribution is 2.21. The van der Waals surface area contributed by atoms with E-state index in [1.54, 1.807) is 21.2 Å². The average Bonchev–Trinajstić information content (AvgIpc) is 2.66. The smallest absolute Gasteiger partial charge is 0.243 e. The van der Waals surface area contributed by atoms with Crippen molar-refractivity contribution >= 4 is 17.6 Å². The molecule has 0 atom stereocenters. The van der Waals surface area contributed by atoms with E-state index in [1.165, 1.54) is 11.0 Å². The molecule has 1 saturated heterocycles. The largest absolute Gasteiger partial charge is 0.383 e. The fourth-order valence-electron chi connectivity index (χ4n) is 2.70. The lowest BCUT2D eigenvalue weighted by molar-refractivity contribution is -0.127. The monoisotopic (exact) mass is 383 g/mol. The summed E-state index contributed by atoms with van der Waals surface area (Å²) in [7, 11) is 4.98. The van der Waals surface area contributed by atoms with Crippen LogP contribution in [-0.2, 0) is 9.53 Å². The number of anilines is 1. The van der Waals surface area contributed by atoms with Gasteiger partial charge in [-0.2, -0.15) is 0 Å². The Labute approximate surface area is 158 Å². The molecule has 2 rings (SSSR count). The number of rotatable bonds is 6. The Hall–Kier alpha value is -2.42. The van der Waals surface area contributed by atoms with Gasteiger partial charge in [0.15, 0.2) is 5.96 Å². The molecule has 0 unspecified atom stereocenters. The van der Waals surface area contributed by atoms with Crippen LogP contribution in [0.5, 0.6) is 0 Å².